The molecule has 0 aromatic rings. The Bertz CT molecular complexity index is 110. The van der Waals surface area contributed by atoms with Crippen molar-refractivity contribution in [3.05, 3.63) is 0 Å². The fourth-order valence-corrected chi connectivity index (χ4v) is 1.68. The number of rotatable bonds is 5. The van der Waals surface area contributed by atoms with Gasteiger partial charge in [0.05, 0.1) is 0 Å². The summed E-state index contributed by atoms with van der Waals surface area (Å²) >= 11 is 0. The fraction of sp³-hybridized carbons (Fsp3) is 1.00. The van der Waals surface area contributed by atoms with Crippen molar-refractivity contribution in [3.63, 3.8) is 0 Å². The molecule has 0 amide bonds. The molecule has 0 aliphatic heterocycles. The average molecular weight is 154 g/mol. The van der Waals surface area contributed by atoms with Crippen LogP contribution in [0.2, 0.25) is 0 Å². The lowest BCUT2D eigenvalue weighted by atomic mass is 10.6. The van der Waals surface area contributed by atoms with Gasteiger partial charge in [-0.2, -0.15) is 0 Å². The first-order valence-electron chi connectivity index (χ1n) is 4.07. The summed E-state index contributed by atoms with van der Waals surface area (Å²) in [6.07, 6.45) is 1.01. The van der Waals surface area contributed by atoms with Gasteiger partial charge in [0.2, 0.25) is 0 Å². The summed E-state index contributed by atoms with van der Waals surface area (Å²) in [4.78, 5) is 0. The maximum Gasteiger partial charge on any atom is 0.0434 e. The van der Waals surface area contributed by atoms with E-state index in [1.54, 1.807) is 0 Å². The van der Waals surface area contributed by atoms with Gasteiger partial charge >= 0.3 is 0 Å². The van der Waals surface area contributed by atoms with Gasteiger partial charge < -0.3 is 5.73 Å². The van der Waals surface area contributed by atoms with Crippen LogP contribution < -0.4 is 5.73 Å². The maximum absolute atomic E-state index is 7.26. The Morgan fingerprint density at radius 1 is 1.62 bits per heavy atom. The van der Waals surface area contributed by atoms with Crippen molar-refractivity contribution in [3.8, 4) is 0 Å². The molecular formula is C5H13NS2. The van der Waals surface area contributed by atoms with Crippen molar-refractivity contribution in [1.29, 1.82) is 0 Å². The molecule has 1 nitrogen and oxygen atoms in total. The van der Waals surface area contributed by atoms with Crippen molar-refractivity contribution in [2.45, 2.75) is 13.3 Å². The molecule has 0 radical (unpaired) electrons. The van der Waals surface area contributed by atoms with Gasteiger partial charge in [0.25, 0.3) is 0 Å². The number of nitrogens with two attached hydrogens (primary N) is 1. The van der Waals surface area contributed by atoms with E-state index in [4.69, 9.17) is 9.85 Å². The van der Waals surface area contributed by atoms with E-state index in [2.05, 4.69) is 0 Å². The Morgan fingerprint density at radius 3 is 2.88 bits per heavy atom. The van der Waals surface area contributed by atoms with Gasteiger partial charge in [-0.15, -0.1) is 0 Å². The molecule has 1 unspecified atom stereocenters. The van der Waals surface area contributed by atoms with Gasteiger partial charge in [-0.1, -0.05) is 28.5 Å². The summed E-state index contributed by atoms with van der Waals surface area (Å²) in [5, 5.41) is 0. The second-order valence-corrected chi connectivity index (χ2v) is 3.44. The Labute approximate surface area is 63.4 Å². The molecule has 0 bridgehead atoms. The molecule has 0 saturated heterocycles. The van der Waals surface area contributed by atoms with Crippen LogP contribution in [0.25, 0.3) is 0 Å². The summed E-state index contributed by atoms with van der Waals surface area (Å²) in [7, 11) is 2.48. The van der Waals surface area contributed by atoms with Gasteiger partial charge in [-0.25, -0.2) is 0 Å². The molecule has 0 spiro atoms. The van der Waals surface area contributed by atoms with Gasteiger partial charge in [0.1, 0.15) is 0 Å². The van der Waals surface area contributed by atoms with Gasteiger partial charge in [-0.3, -0.25) is 0 Å². The second-order valence-electron chi connectivity index (χ2n) is 1.19. The minimum Gasteiger partial charge on any atom is -0.330 e. The highest BCUT2D eigenvalue weighted by Crippen LogP contribution is 2.20. The molecule has 0 aliphatic carbocycles. The van der Waals surface area contributed by atoms with Crippen LogP contribution in [0.5, 0.6) is 0 Å². The van der Waals surface area contributed by atoms with Crippen molar-refractivity contribution in [2.24, 2.45) is 5.73 Å². The van der Waals surface area contributed by atoms with Crippen LogP contribution in [0, 0.1) is 0 Å². The third kappa shape index (κ3) is 6.66. The molecule has 1 atom stereocenters. The maximum atomic E-state index is 7.26. The largest absolute Gasteiger partial charge is 0.330 e. The van der Waals surface area contributed by atoms with Crippen molar-refractivity contribution < 1.29 is 4.11 Å². The summed E-state index contributed by atoms with van der Waals surface area (Å²) in [5.74, 6) is 0.900. The zero-order valence-corrected chi connectivity index (χ0v) is 6.52. The quantitative estimate of drug-likeness (QED) is 0.482. The number of hydrogen-bond donors (Lipinski definition) is 1. The minimum atomic E-state index is -1.63. The molecule has 50 valence electrons. The third-order valence-electron chi connectivity index (χ3n) is 0.463. The number of hydrogen-bond acceptors (Lipinski definition) is 3. The van der Waals surface area contributed by atoms with Crippen LogP contribution in [-0.2, 0) is 0 Å². The highest BCUT2D eigenvalue weighted by atomic mass is 33.1. The van der Waals surface area contributed by atoms with Crippen LogP contribution in [-0.4, -0.2) is 18.0 Å². The molecule has 0 fully saturated rings. The van der Waals surface area contributed by atoms with Crippen molar-refractivity contribution >= 4 is 21.6 Å². The molecule has 0 heterocycles. The predicted octanol–water partition coefficient (Wildman–Crippen LogP) is 1.74. The van der Waals surface area contributed by atoms with Crippen molar-refractivity contribution in [2.75, 3.05) is 18.0 Å². The molecule has 3 heteroatoms. The Kier molecular flexibility index (Phi) is 4.28. The van der Waals surface area contributed by atoms with E-state index in [9.17, 15) is 0 Å². The van der Waals surface area contributed by atoms with E-state index in [1.807, 2.05) is 6.92 Å². The van der Waals surface area contributed by atoms with E-state index in [0.29, 0.717) is 0 Å². The summed E-state index contributed by atoms with van der Waals surface area (Å²) in [5.41, 5.74) is 3.48. The zero-order chi connectivity index (χ0) is 8.91. The smallest absolute Gasteiger partial charge is 0.0434 e. The molecule has 2 N–H and O–H groups in total. The van der Waals surface area contributed by atoms with Crippen LogP contribution >= 0.6 is 21.6 Å². The van der Waals surface area contributed by atoms with E-state index in [-0.39, 0.29) is 0 Å². The topological polar surface area (TPSA) is 26.0 Å². The monoisotopic (exact) mass is 154 g/mol. The van der Waals surface area contributed by atoms with Crippen LogP contribution in [0.4, 0.5) is 0 Å². The lowest BCUT2D eigenvalue weighted by Crippen LogP contribution is -1.99. The zero-order valence-electron chi connectivity index (χ0n) is 7.89. The summed E-state index contributed by atoms with van der Waals surface area (Å²) < 4.78 is 21.5. The average Bonchev–Trinajstić information content (AvgIpc) is 1.88. The van der Waals surface area contributed by atoms with Crippen LogP contribution in [0.3, 0.4) is 0 Å². The third-order valence-corrected chi connectivity index (χ3v) is 2.53. The minimum absolute atomic E-state index is 0.900. The molecule has 8 heavy (non-hydrogen) atoms. The fourth-order valence-electron chi connectivity index (χ4n) is 0.187. The first kappa shape index (κ1) is 4.47. The van der Waals surface area contributed by atoms with Crippen LogP contribution in [0.15, 0.2) is 0 Å². The van der Waals surface area contributed by atoms with Gasteiger partial charge in [0, 0.05) is 22.1 Å². The molecule has 0 aliphatic rings. The molecule has 0 aromatic heterocycles. The van der Waals surface area contributed by atoms with Crippen LogP contribution in [0.1, 0.15) is 17.5 Å². The predicted molar refractivity (Wildman–Crippen MR) is 44.3 cm³/mol. The van der Waals surface area contributed by atoms with E-state index < -0.39 is 12.2 Å². The van der Waals surface area contributed by atoms with E-state index in [0.717, 1.165) is 23.0 Å². The SMILES string of the molecule is [2H]C(N)C([2H])([2H])SSCCC. The van der Waals surface area contributed by atoms with E-state index in [1.165, 1.54) is 10.8 Å². The lowest BCUT2D eigenvalue weighted by molar-refractivity contribution is 1.11. The molecule has 0 rings (SSSR count). The van der Waals surface area contributed by atoms with Gasteiger partial charge in [0.15, 0.2) is 0 Å². The highest BCUT2D eigenvalue weighted by Gasteiger charge is 1.83. The first-order chi connectivity index (χ1) is 5.00. The Hall–Kier alpha value is 0.660. The van der Waals surface area contributed by atoms with Gasteiger partial charge in [-0.05, 0) is 6.42 Å². The van der Waals surface area contributed by atoms with Crippen molar-refractivity contribution in [1.82, 2.24) is 0 Å². The molecule has 0 aromatic carbocycles. The first-order valence-corrected chi connectivity index (χ1v) is 4.81. The van der Waals surface area contributed by atoms with E-state index >= 15 is 0 Å². The second kappa shape index (κ2) is 7.66. The normalized spacial score (nSPS) is 21.0. The standard InChI is InChI=1S/C5H13NS2/c1-2-4-7-8-5-3-6/h2-6H2,1H3/i3D,5D2. The lowest BCUT2D eigenvalue weighted by Gasteiger charge is -1.93. The molecular weight excluding hydrogens is 138 g/mol. The summed E-state index contributed by atoms with van der Waals surface area (Å²) in [6.45, 7) is 0.876. The Balaban J connectivity index is 3.55. The molecule has 0 saturated carbocycles. The Morgan fingerprint density at radius 2 is 2.38 bits per heavy atom. The summed E-state index contributed by atoms with van der Waals surface area (Å²) in [6, 6.07) is 0. The highest BCUT2D eigenvalue weighted by molar-refractivity contribution is 8.76.